The highest BCUT2D eigenvalue weighted by molar-refractivity contribution is 5.93. The van der Waals surface area contributed by atoms with Gasteiger partial charge in [-0.1, -0.05) is 162 Å². The molecular formula is C48H58N4O6. The van der Waals surface area contributed by atoms with Crippen LogP contribution >= 0.6 is 0 Å². The number of esters is 1. The van der Waals surface area contributed by atoms with Crippen LogP contribution in [0.5, 0.6) is 0 Å². The van der Waals surface area contributed by atoms with Crippen LogP contribution in [0.15, 0.2) is 133 Å². The molecule has 4 rings (SSSR count). The Bertz CT molecular complexity index is 1860. The van der Waals surface area contributed by atoms with Gasteiger partial charge in [0.1, 0.15) is 17.6 Å². The third-order valence-corrected chi connectivity index (χ3v) is 9.63. The second-order valence-corrected chi connectivity index (χ2v) is 15.8. The summed E-state index contributed by atoms with van der Waals surface area (Å²) in [5.41, 5.74) is 1.62. The summed E-state index contributed by atoms with van der Waals surface area (Å²) in [5, 5.41) is 12.1. The molecule has 0 aliphatic carbocycles. The van der Waals surface area contributed by atoms with E-state index in [0.29, 0.717) is 6.42 Å². The van der Waals surface area contributed by atoms with Crippen LogP contribution in [0.25, 0.3) is 0 Å². The zero-order valence-corrected chi connectivity index (χ0v) is 34.5. The topological polar surface area (TPSA) is 143 Å². The Kier molecular flexibility index (Phi) is 16.5. The fourth-order valence-electron chi connectivity index (χ4n) is 6.63. The van der Waals surface area contributed by atoms with E-state index in [-0.39, 0.29) is 43.6 Å². The van der Waals surface area contributed by atoms with E-state index >= 15 is 0 Å². The van der Waals surface area contributed by atoms with Crippen LogP contribution in [0, 0.1) is 11.3 Å². The van der Waals surface area contributed by atoms with Crippen molar-refractivity contribution in [3.05, 3.63) is 156 Å². The molecule has 0 unspecified atom stereocenters. The van der Waals surface area contributed by atoms with Crippen molar-refractivity contribution >= 4 is 29.6 Å². The first kappa shape index (κ1) is 44.7. The van der Waals surface area contributed by atoms with Crippen LogP contribution in [0.2, 0.25) is 0 Å². The van der Waals surface area contributed by atoms with E-state index in [0.717, 1.165) is 22.3 Å². The molecule has 0 saturated carbocycles. The van der Waals surface area contributed by atoms with Gasteiger partial charge in [0.15, 0.2) is 0 Å². The summed E-state index contributed by atoms with van der Waals surface area (Å²) >= 11 is 0. The molecular weight excluding hydrogens is 729 g/mol. The Balaban J connectivity index is 1.63. The second kappa shape index (κ2) is 21.5. The number of carbonyl (C=O) groups excluding carboxylic acids is 5. The van der Waals surface area contributed by atoms with E-state index in [4.69, 9.17) is 4.74 Å². The highest BCUT2D eigenvalue weighted by atomic mass is 16.5. The van der Waals surface area contributed by atoms with Crippen LogP contribution < -0.4 is 21.3 Å². The fourth-order valence-corrected chi connectivity index (χ4v) is 6.63. The third kappa shape index (κ3) is 13.0. The van der Waals surface area contributed by atoms with Crippen molar-refractivity contribution in [1.82, 2.24) is 21.3 Å². The number of amides is 4. The lowest BCUT2D eigenvalue weighted by Crippen LogP contribution is -2.56. The molecule has 3 atom stereocenters. The number of benzene rings is 4. The Morgan fingerprint density at radius 3 is 1.60 bits per heavy atom. The molecule has 0 aromatic heterocycles. The minimum Gasteiger partial charge on any atom is -0.463 e. The van der Waals surface area contributed by atoms with E-state index in [2.05, 4.69) is 21.3 Å². The van der Waals surface area contributed by atoms with Crippen molar-refractivity contribution in [1.29, 1.82) is 0 Å². The molecule has 10 heteroatoms. The molecule has 4 N–H and O–H groups in total. The molecule has 306 valence electrons. The van der Waals surface area contributed by atoms with Gasteiger partial charge in [-0.15, -0.1) is 0 Å². The zero-order valence-electron chi connectivity index (χ0n) is 34.5. The molecule has 4 aromatic carbocycles. The van der Waals surface area contributed by atoms with Crippen LogP contribution in [-0.2, 0) is 40.7 Å². The molecule has 0 aliphatic rings. The predicted octanol–water partition coefficient (Wildman–Crippen LogP) is 6.78. The predicted molar refractivity (Wildman–Crippen MR) is 227 cm³/mol. The highest BCUT2D eigenvalue weighted by Gasteiger charge is 2.38. The number of hydrogen-bond donors (Lipinski definition) is 4. The molecule has 0 aliphatic heterocycles. The standard InChI is InChI=1S/C48H58N4O6/c1-7-58-43(54)31-29-39(28-30-42(53)52-48(36-22-14-9-15-23-36,37-24-16-10-17-25-37)38-26-18-11-19-27-38)49-44(55)41(33-35-20-12-8-13-21-35)50-45(56)40(32-34(2)3)51-46(57)47(4,5)6/h8-27,29,31,34,39-41H,7,28,30,32-33H2,1-6H3,(H,49,55)(H,50,56)(H,51,57)(H,52,53)/b31-29+/t39-,40-,41-/m0/s1. The van der Waals surface area contributed by atoms with Crippen LogP contribution in [0.3, 0.4) is 0 Å². The highest BCUT2D eigenvalue weighted by Crippen LogP contribution is 2.37. The van der Waals surface area contributed by atoms with Gasteiger partial charge < -0.3 is 26.0 Å². The maximum atomic E-state index is 14.3. The van der Waals surface area contributed by atoms with Crippen molar-refractivity contribution in [3.8, 4) is 0 Å². The van der Waals surface area contributed by atoms with Gasteiger partial charge in [0.2, 0.25) is 23.6 Å². The molecule has 4 amide bonds. The van der Waals surface area contributed by atoms with E-state index in [1.54, 1.807) is 27.7 Å². The summed E-state index contributed by atoms with van der Waals surface area (Å²) in [5.74, 6) is -2.10. The van der Waals surface area contributed by atoms with Crippen molar-refractivity contribution in [2.75, 3.05) is 6.61 Å². The van der Waals surface area contributed by atoms with Crippen LogP contribution in [0.4, 0.5) is 0 Å². The second-order valence-electron chi connectivity index (χ2n) is 15.8. The number of rotatable bonds is 19. The van der Waals surface area contributed by atoms with Crippen molar-refractivity contribution in [2.24, 2.45) is 11.3 Å². The van der Waals surface area contributed by atoms with E-state index < -0.39 is 46.9 Å². The largest absolute Gasteiger partial charge is 0.463 e. The summed E-state index contributed by atoms with van der Waals surface area (Å²) in [4.78, 5) is 67.8. The number of ether oxygens (including phenoxy) is 1. The molecule has 0 spiro atoms. The third-order valence-electron chi connectivity index (χ3n) is 9.63. The number of carbonyl (C=O) groups is 5. The van der Waals surface area contributed by atoms with Crippen LogP contribution in [-0.4, -0.2) is 54.3 Å². The minimum atomic E-state index is -1.05. The molecule has 0 saturated heterocycles. The van der Waals surface area contributed by atoms with Crippen molar-refractivity contribution < 1.29 is 28.7 Å². The summed E-state index contributed by atoms with van der Waals surface area (Å²) in [6.45, 7) is 11.1. The Hall–Kier alpha value is -6.03. The van der Waals surface area contributed by atoms with Gasteiger partial charge in [0.05, 0.1) is 6.61 Å². The van der Waals surface area contributed by atoms with Crippen molar-refractivity contribution in [3.63, 3.8) is 0 Å². The molecule has 0 heterocycles. The molecule has 0 fully saturated rings. The molecule has 4 aromatic rings. The monoisotopic (exact) mass is 786 g/mol. The van der Waals surface area contributed by atoms with Gasteiger partial charge in [0, 0.05) is 30.4 Å². The van der Waals surface area contributed by atoms with Gasteiger partial charge in [-0.3, -0.25) is 19.2 Å². The number of nitrogens with one attached hydrogen (secondary N) is 4. The first-order valence-electron chi connectivity index (χ1n) is 20.0. The van der Waals surface area contributed by atoms with E-state index in [1.165, 1.54) is 12.2 Å². The van der Waals surface area contributed by atoms with Gasteiger partial charge in [0.25, 0.3) is 0 Å². The fraction of sp³-hybridized carbons (Fsp3) is 0.354. The summed E-state index contributed by atoms with van der Waals surface area (Å²) < 4.78 is 5.12. The maximum Gasteiger partial charge on any atom is 0.330 e. The van der Waals surface area contributed by atoms with Gasteiger partial charge in [-0.25, -0.2) is 4.79 Å². The van der Waals surface area contributed by atoms with Crippen LogP contribution in [0.1, 0.15) is 83.1 Å². The van der Waals surface area contributed by atoms with Gasteiger partial charge in [-0.05, 0) is 47.9 Å². The molecule has 58 heavy (non-hydrogen) atoms. The quantitative estimate of drug-likeness (QED) is 0.0469. The minimum absolute atomic E-state index is 0.0304. The smallest absolute Gasteiger partial charge is 0.330 e. The number of hydrogen-bond acceptors (Lipinski definition) is 6. The zero-order chi connectivity index (χ0) is 42.1. The Labute approximate surface area is 343 Å². The average molecular weight is 787 g/mol. The lowest BCUT2D eigenvalue weighted by Gasteiger charge is -2.37. The lowest BCUT2D eigenvalue weighted by molar-refractivity contribution is -0.137. The van der Waals surface area contributed by atoms with E-state index in [1.807, 2.05) is 135 Å². The van der Waals surface area contributed by atoms with Gasteiger partial charge >= 0.3 is 5.97 Å². The molecule has 0 bridgehead atoms. The first-order valence-corrected chi connectivity index (χ1v) is 20.0. The van der Waals surface area contributed by atoms with Gasteiger partial charge in [-0.2, -0.15) is 0 Å². The van der Waals surface area contributed by atoms with E-state index in [9.17, 15) is 24.0 Å². The summed E-state index contributed by atoms with van der Waals surface area (Å²) in [7, 11) is 0. The molecule has 0 radical (unpaired) electrons. The lowest BCUT2D eigenvalue weighted by atomic mass is 9.77. The SMILES string of the molecule is CCOC(=O)/C=C/[C@H](CCC(=O)NC(c1ccccc1)(c1ccccc1)c1ccccc1)NC(=O)[C@H](Cc1ccccc1)NC(=O)[C@H](CC(C)C)NC(=O)C(C)(C)C. The average Bonchev–Trinajstić information content (AvgIpc) is 3.21. The normalized spacial score (nSPS) is 13.2. The first-order chi connectivity index (χ1) is 27.7. The summed E-state index contributed by atoms with van der Waals surface area (Å²) in [6, 6.07) is 35.8. The Morgan fingerprint density at radius 2 is 1.14 bits per heavy atom. The Morgan fingerprint density at radius 1 is 0.655 bits per heavy atom. The molecule has 10 nitrogen and oxygen atoms in total. The summed E-state index contributed by atoms with van der Waals surface area (Å²) in [6.07, 6.45) is 3.35. The van der Waals surface area contributed by atoms with Crippen molar-refractivity contribution in [2.45, 2.75) is 90.9 Å². The maximum absolute atomic E-state index is 14.3.